The van der Waals surface area contributed by atoms with Gasteiger partial charge in [-0.2, -0.15) is 9.78 Å². The van der Waals surface area contributed by atoms with E-state index < -0.39 is 10.5 Å². The average molecular weight is 498 g/mol. The van der Waals surface area contributed by atoms with Gasteiger partial charge in [0.1, 0.15) is 11.4 Å². The second-order valence-corrected chi connectivity index (χ2v) is 8.83. The Labute approximate surface area is 208 Å². The van der Waals surface area contributed by atoms with Gasteiger partial charge in [0.2, 0.25) is 0 Å². The molecule has 9 nitrogen and oxygen atoms in total. The number of nitrogens with zero attached hydrogens (tertiary/aromatic N) is 5. The van der Waals surface area contributed by atoms with Crippen molar-refractivity contribution < 1.29 is 9.66 Å². The van der Waals surface area contributed by atoms with Gasteiger partial charge in [0.25, 0.3) is 11.2 Å². The van der Waals surface area contributed by atoms with Gasteiger partial charge in [0.15, 0.2) is 5.69 Å². The number of nitro groups is 1. The van der Waals surface area contributed by atoms with Crippen molar-refractivity contribution in [3.05, 3.63) is 68.0 Å². The first-order valence-corrected chi connectivity index (χ1v) is 12.0. The molecule has 3 aromatic rings. The number of anilines is 2. The summed E-state index contributed by atoms with van der Waals surface area (Å²) in [7, 11) is 3.36. The van der Waals surface area contributed by atoms with Crippen molar-refractivity contribution in [2.75, 3.05) is 43.6 Å². The molecule has 1 fully saturated rings. The van der Waals surface area contributed by atoms with Crippen molar-refractivity contribution in [3.63, 3.8) is 0 Å². The van der Waals surface area contributed by atoms with E-state index in [0.29, 0.717) is 34.9 Å². The van der Waals surface area contributed by atoms with Crippen LogP contribution in [0.2, 0.25) is 5.02 Å². The first-order valence-electron chi connectivity index (χ1n) is 11.6. The standard InChI is InChI=1S/C25H28ClN5O4/c1-4-28(2)22-16-19(17-9-8-10-18(15-17)35-3)27-30(25(22)32)24-21(31(33)34)12-11-20(23(24)26)29-13-6-5-7-14-29/h8-12,15-16H,4-7,13-14H2,1-3H3. The van der Waals surface area contributed by atoms with Gasteiger partial charge in [-0.1, -0.05) is 23.7 Å². The molecule has 0 radical (unpaired) electrons. The fourth-order valence-electron chi connectivity index (χ4n) is 4.27. The quantitative estimate of drug-likeness (QED) is 0.338. The van der Waals surface area contributed by atoms with Crippen molar-refractivity contribution in [2.24, 2.45) is 0 Å². The highest BCUT2D eigenvalue weighted by Gasteiger charge is 2.28. The molecule has 1 saturated heterocycles. The number of nitro benzene ring substituents is 1. The van der Waals surface area contributed by atoms with E-state index >= 15 is 0 Å². The van der Waals surface area contributed by atoms with Crippen LogP contribution in [0.1, 0.15) is 26.2 Å². The Morgan fingerprint density at radius 1 is 1.17 bits per heavy atom. The SMILES string of the molecule is CCN(C)c1cc(-c2cccc(OC)c2)nn(-c2c([N+](=O)[O-])ccc(N3CCCCC3)c2Cl)c1=O. The summed E-state index contributed by atoms with van der Waals surface area (Å²) >= 11 is 6.83. The van der Waals surface area contributed by atoms with Crippen LogP contribution in [0.4, 0.5) is 17.1 Å². The largest absolute Gasteiger partial charge is 0.497 e. The van der Waals surface area contributed by atoms with E-state index in [1.807, 2.05) is 25.1 Å². The van der Waals surface area contributed by atoms with Gasteiger partial charge >= 0.3 is 0 Å². The molecule has 0 amide bonds. The molecule has 0 atom stereocenters. The molecule has 0 N–H and O–H groups in total. The van der Waals surface area contributed by atoms with Crippen molar-refractivity contribution in [3.8, 4) is 22.7 Å². The van der Waals surface area contributed by atoms with Crippen molar-refractivity contribution in [1.29, 1.82) is 0 Å². The fourth-order valence-corrected chi connectivity index (χ4v) is 4.63. The zero-order valence-corrected chi connectivity index (χ0v) is 20.8. The van der Waals surface area contributed by atoms with Crippen LogP contribution in [0.3, 0.4) is 0 Å². The summed E-state index contributed by atoms with van der Waals surface area (Å²) in [6, 6.07) is 12.0. The van der Waals surface area contributed by atoms with Crippen LogP contribution >= 0.6 is 11.6 Å². The van der Waals surface area contributed by atoms with E-state index in [-0.39, 0.29) is 16.4 Å². The Hall–Kier alpha value is -3.59. The molecule has 184 valence electrons. The molecule has 0 saturated carbocycles. The number of hydrogen-bond donors (Lipinski definition) is 0. The lowest BCUT2D eigenvalue weighted by Gasteiger charge is -2.30. The predicted octanol–water partition coefficient (Wildman–Crippen LogP) is 4.92. The number of methoxy groups -OCH3 is 1. The molecular formula is C25H28ClN5O4. The summed E-state index contributed by atoms with van der Waals surface area (Å²) in [5, 5.41) is 16.7. The Kier molecular flexibility index (Phi) is 7.25. The van der Waals surface area contributed by atoms with Crippen LogP contribution in [-0.4, -0.2) is 48.5 Å². The minimum absolute atomic E-state index is 0.0276. The van der Waals surface area contributed by atoms with Gasteiger partial charge in [-0.3, -0.25) is 14.9 Å². The summed E-state index contributed by atoms with van der Waals surface area (Å²) < 4.78 is 6.42. The molecule has 10 heteroatoms. The predicted molar refractivity (Wildman–Crippen MR) is 138 cm³/mol. The maximum Gasteiger partial charge on any atom is 0.296 e. The Bertz CT molecular complexity index is 1300. The monoisotopic (exact) mass is 497 g/mol. The zero-order valence-electron chi connectivity index (χ0n) is 20.0. The van der Waals surface area contributed by atoms with Crippen LogP contribution < -0.4 is 20.1 Å². The third kappa shape index (κ3) is 4.81. The minimum atomic E-state index is -0.531. The van der Waals surface area contributed by atoms with E-state index in [1.54, 1.807) is 37.3 Å². The Balaban J connectivity index is 2.01. The second kappa shape index (κ2) is 10.4. The number of piperidine rings is 1. The zero-order chi connectivity index (χ0) is 25.1. The van der Waals surface area contributed by atoms with E-state index in [9.17, 15) is 14.9 Å². The first-order chi connectivity index (χ1) is 16.8. The van der Waals surface area contributed by atoms with Crippen LogP contribution in [0.5, 0.6) is 5.75 Å². The first kappa shape index (κ1) is 24.5. The van der Waals surface area contributed by atoms with Crippen molar-refractivity contribution in [1.82, 2.24) is 9.78 Å². The summed E-state index contributed by atoms with van der Waals surface area (Å²) in [5.41, 5.74) is 1.40. The highest BCUT2D eigenvalue weighted by Crippen LogP contribution is 2.39. The smallest absolute Gasteiger partial charge is 0.296 e. The molecule has 2 aromatic carbocycles. The fraction of sp³-hybridized carbons (Fsp3) is 0.360. The molecular weight excluding hydrogens is 470 g/mol. The normalized spacial score (nSPS) is 13.5. The molecule has 1 aliphatic heterocycles. The lowest BCUT2D eigenvalue weighted by atomic mass is 10.1. The molecule has 0 aliphatic carbocycles. The molecule has 35 heavy (non-hydrogen) atoms. The third-order valence-electron chi connectivity index (χ3n) is 6.32. The van der Waals surface area contributed by atoms with E-state index in [0.717, 1.165) is 37.0 Å². The minimum Gasteiger partial charge on any atom is -0.497 e. The number of benzene rings is 2. The second-order valence-electron chi connectivity index (χ2n) is 8.45. The lowest BCUT2D eigenvalue weighted by Crippen LogP contribution is -2.32. The maximum absolute atomic E-state index is 13.6. The number of halogens is 1. The van der Waals surface area contributed by atoms with Gasteiger partial charge in [0, 0.05) is 38.3 Å². The topological polar surface area (TPSA) is 93.7 Å². The summed E-state index contributed by atoms with van der Waals surface area (Å²) in [6.45, 7) is 4.07. The van der Waals surface area contributed by atoms with Crippen LogP contribution in [0.25, 0.3) is 16.9 Å². The van der Waals surface area contributed by atoms with E-state index in [1.165, 1.54) is 6.07 Å². The highest BCUT2D eigenvalue weighted by atomic mass is 35.5. The maximum atomic E-state index is 13.6. The Morgan fingerprint density at radius 3 is 2.57 bits per heavy atom. The van der Waals surface area contributed by atoms with Crippen LogP contribution in [0.15, 0.2) is 47.3 Å². The summed E-state index contributed by atoms with van der Waals surface area (Å²) in [6.07, 6.45) is 3.15. The summed E-state index contributed by atoms with van der Waals surface area (Å²) in [4.78, 5) is 29.0. The number of rotatable bonds is 7. The number of hydrogen-bond acceptors (Lipinski definition) is 7. The molecule has 0 bridgehead atoms. The highest BCUT2D eigenvalue weighted by molar-refractivity contribution is 6.35. The third-order valence-corrected chi connectivity index (χ3v) is 6.70. The molecule has 0 spiro atoms. The average Bonchev–Trinajstić information content (AvgIpc) is 2.88. The van der Waals surface area contributed by atoms with Crippen LogP contribution in [-0.2, 0) is 0 Å². The van der Waals surface area contributed by atoms with Gasteiger partial charge in [0.05, 0.1) is 28.4 Å². The summed E-state index contributed by atoms with van der Waals surface area (Å²) in [5.74, 6) is 0.628. The molecule has 4 rings (SSSR count). The Morgan fingerprint density at radius 2 is 1.91 bits per heavy atom. The van der Waals surface area contributed by atoms with Gasteiger partial charge in [-0.25, -0.2) is 0 Å². The molecule has 1 aromatic heterocycles. The number of ether oxygens (including phenoxy) is 1. The molecule has 1 aliphatic rings. The van der Waals surface area contributed by atoms with Crippen molar-refractivity contribution >= 4 is 28.7 Å². The van der Waals surface area contributed by atoms with E-state index in [2.05, 4.69) is 10.00 Å². The van der Waals surface area contributed by atoms with Crippen LogP contribution in [0, 0.1) is 10.1 Å². The molecule has 2 heterocycles. The van der Waals surface area contributed by atoms with Crippen molar-refractivity contribution in [2.45, 2.75) is 26.2 Å². The number of aromatic nitrogens is 2. The molecule has 0 unspecified atom stereocenters. The van der Waals surface area contributed by atoms with Gasteiger partial charge in [-0.15, -0.1) is 0 Å². The lowest BCUT2D eigenvalue weighted by molar-refractivity contribution is -0.384. The van der Waals surface area contributed by atoms with E-state index in [4.69, 9.17) is 16.3 Å². The van der Waals surface area contributed by atoms with Gasteiger partial charge < -0.3 is 14.5 Å². The van der Waals surface area contributed by atoms with Gasteiger partial charge in [-0.05, 0) is 50.5 Å².